The van der Waals surface area contributed by atoms with Gasteiger partial charge in [-0.25, -0.2) is 0 Å². The average Bonchev–Trinajstić information content (AvgIpc) is 2.90. The van der Waals surface area contributed by atoms with Gasteiger partial charge >= 0.3 is 0 Å². The Kier molecular flexibility index (Phi) is 3.94. The summed E-state index contributed by atoms with van der Waals surface area (Å²) in [6.07, 6.45) is 1.13. The van der Waals surface area contributed by atoms with Gasteiger partial charge in [-0.15, -0.1) is 22.7 Å². The summed E-state index contributed by atoms with van der Waals surface area (Å²) in [6.45, 7) is 3.28. The van der Waals surface area contributed by atoms with Gasteiger partial charge < -0.3 is 5.32 Å². The maximum atomic E-state index is 3.54. The minimum atomic E-state index is 0.477. The van der Waals surface area contributed by atoms with Crippen molar-refractivity contribution in [2.24, 2.45) is 0 Å². The van der Waals surface area contributed by atoms with Gasteiger partial charge in [0, 0.05) is 22.3 Å². The van der Waals surface area contributed by atoms with Crippen LogP contribution in [0, 0.1) is 0 Å². The molecule has 0 bridgehead atoms. The fourth-order valence-electron chi connectivity index (χ4n) is 1.50. The van der Waals surface area contributed by atoms with Gasteiger partial charge in [-0.2, -0.15) is 0 Å². The molecule has 0 aromatic carbocycles. The summed E-state index contributed by atoms with van der Waals surface area (Å²) in [5, 5.41) is 7.81. The van der Waals surface area contributed by atoms with E-state index in [0.29, 0.717) is 6.04 Å². The van der Waals surface area contributed by atoms with Crippen LogP contribution < -0.4 is 5.32 Å². The molecule has 0 saturated carbocycles. The van der Waals surface area contributed by atoms with Crippen molar-refractivity contribution in [3.8, 4) is 0 Å². The Morgan fingerprint density at radius 2 is 2.00 bits per heavy atom. The molecule has 1 unspecified atom stereocenters. The van der Waals surface area contributed by atoms with E-state index in [2.05, 4.69) is 47.3 Å². The zero-order chi connectivity index (χ0) is 10.5. The molecule has 80 valence electrons. The van der Waals surface area contributed by atoms with E-state index in [1.54, 1.807) is 0 Å². The SMILES string of the molecule is CC(NCCc1cccs1)c1cccs1. The van der Waals surface area contributed by atoms with E-state index in [1.165, 1.54) is 9.75 Å². The monoisotopic (exact) mass is 237 g/mol. The van der Waals surface area contributed by atoms with Crippen molar-refractivity contribution in [1.29, 1.82) is 0 Å². The van der Waals surface area contributed by atoms with Gasteiger partial charge in [0.2, 0.25) is 0 Å². The highest BCUT2D eigenvalue weighted by Crippen LogP contribution is 2.18. The predicted molar refractivity (Wildman–Crippen MR) is 68.8 cm³/mol. The highest BCUT2D eigenvalue weighted by Gasteiger charge is 2.04. The maximum Gasteiger partial charge on any atom is 0.0386 e. The van der Waals surface area contributed by atoms with E-state index < -0.39 is 0 Å². The highest BCUT2D eigenvalue weighted by molar-refractivity contribution is 7.10. The first-order valence-electron chi connectivity index (χ1n) is 5.15. The molecule has 0 radical (unpaired) electrons. The van der Waals surface area contributed by atoms with Gasteiger partial charge in [0.05, 0.1) is 0 Å². The van der Waals surface area contributed by atoms with Crippen LogP contribution in [0.15, 0.2) is 35.0 Å². The zero-order valence-corrected chi connectivity index (χ0v) is 10.4. The molecule has 15 heavy (non-hydrogen) atoms. The third kappa shape index (κ3) is 3.16. The van der Waals surface area contributed by atoms with Gasteiger partial charge in [-0.3, -0.25) is 0 Å². The number of rotatable bonds is 5. The second-order valence-electron chi connectivity index (χ2n) is 3.52. The molecular formula is C12H15NS2. The molecule has 1 nitrogen and oxygen atoms in total. The predicted octanol–water partition coefficient (Wildman–Crippen LogP) is 3.70. The van der Waals surface area contributed by atoms with Crippen LogP contribution in [0.1, 0.15) is 22.7 Å². The molecule has 2 heterocycles. The van der Waals surface area contributed by atoms with Crippen molar-refractivity contribution in [2.45, 2.75) is 19.4 Å². The van der Waals surface area contributed by atoms with Crippen LogP contribution in [-0.2, 0) is 6.42 Å². The lowest BCUT2D eigenvalue weighted by Gasteiger charge is -2.11. The van der Waals surface area contributed by atoms with E-state index in [4.69, 9.17) is 0 Å². The molecule has 0 fully saturated rings. The van der Waals surface area contributed by atoms with Crippen molar-refractivity contribution in [3.63, 3.8) is 0 Å². The molecule has 0 amide bonds. The summed E-state index contributed by atoms with van der Waals surface area (Å²) in [7, 11) is 0. The van der Waals surface area contributed by atoms with Crippen molar-refractivity contribution in [2.75, 3.05) is 6.54 Å². The maximum absolute atomic E-state index is 3.54. The van der Waals surface area contributed by atoms with Crippen LogP contribution in [0.4, 0.5) is 0 Å². The number of nitrogens with one attached hydrogen (secondary N) is 1. The normalized spacial score (nSPS) is 12.9. The first kappa shape index (κ1) is 10.9. The molecule has 0 spiro atoms. The van der Waals surface area contributed by atoms with Crippen molar-refractivity contribution >= 4 is 22.7 Å². The Labute approximate surface area is 98.8 Å². The third-order valence-corrected chi connectivity index (χ3v) is 4.36. The van der Waals surface area contributed by atoms with E-state index in [1.807, 2.05) is 22.7 Å². The largest absolute Gasteiger partial charge is 0.309 e. The lowest BCUT2D eigenvalue weighted by molar-refractivity contribution is 0.586. The molecule has 0 aliphatic carbocycles. The van der Waals surface area contributed by atoms with E-state index in [-0.39, 0.29) is 0 Å². The summed E-state index contributed by atoms with van der Waals surface area (Å²) in [4.78, 5) is 2.88. The van der Waals surface area contributed by atoms with Crippen LogP contribution in [0.25, 0.3) is 0 Å². The fourth-order valence-corrected chi connectivity index (χ4v) is 2.97. The minimum absolute atomic E-state index is 0.477. The first-order chi connectivity index (χ1) is 7.36. The number of hydrogen-bond donors (Lipinski definition) is 1. The van der Waals surface area contributed by atoms with Crippen molar-refractivity contribution in [1.82, 2.24) is 5.32 Å². The summed E-state index contributed by atoms with van der Waals surface area (Å²) in [6, 6.07) is 9.08. The molecule has 2 aromatic heterocycles. The lowest BCUT2D eigenvalue weighted by Crippen LogP contribution is -2.20. The third-order valence-electron chi connectivity index (χ3n) is 2.37. The molecule has 2 aromatic rings. The standard InChI is InChI=1S/C12H15NS2/c1-10(12-5-3-9-15-12)13-7-6-11-4-2-8-14-11/h2-5,8-10,13H,6-7H2,1H3. The smallest absolute Gasteiger partial charge is 0.0386 e. The Balaban J connectivity index is 1.74. The van der Waals surface area contributed by atoms with Crippen LogP contribution >= 0.6 is 22.7 Å². The molecule has 0 saturated heterocycles. The topological polar surface area (TPSA) is 12.0 Å². The van der Waals surface area contributed by atoms with Crippen molar-refractivity contribution in [3.05, 3.63) is 44.8 Å². The zero-order valence-electron chi connectivity index (χ0n) is 8.77. The number of thiophene rings is 2. The number of hydrogen-bond acceptors (Lipinski definition) is 3. The molecule has 1 N–H and O–H groups in total. The summed E-state index contributed by atoms with van der Waals surface area (Å²) < 4.78 is 0. The summed E-state index contributed by atoms with van der Waals surface area (Å²) >= 11 is 3.65. The Hall–Kier alpha value is -0.640. The molecule has 3 heteroatoms. The molecule has 0 aliphatic heterocycles. The fraction of sp³-hybridized carbons (Fsp3) is 0.333. The van der Waals surface area contributed by atoms with Gasteiger partial charge in [-0.1, -0.05) is 12.1 Å². The minimum Gasteiger partial charge on any atom is -0.309 e. The van der Waals surface area contributed by atoms with E-state index in [9.17, 15) is 0 Å². The lowest BCUT2D eigenvalue weighted by atomic mass is 10.2. The van der Waals surface area contributed by atoms with Crippen LogP contribution in [0.2, 0.25) is 0 Å². The second kappa shape index (κ2) is 5.45. The van der Waals surface area contributed by atoms with Gasteiger partial charge in [0.1, 0.15) is 0 Å². The summed E-state index contributed by atoms with van der Waals surface area (Å²) in [5.74, 6) is 0. The molecule has 1 atom stereocenters. The first-order valence-corrected chi connectivity index (χ1v) is 6.91. The molecule has 0 aliphatic rings. The van der Waals surface area contributed by atoms with Gasteiger partial charge in [0.15, 0.2) is 0 Å². The quantitative estimate of drug-likeness (QED) is 0.836. The van der Waals surface area contributed by atoms with Crippen LogP contribution in [-0.4, -0.2) is 6.54 Å². The highest BCUT2D eigenvalue weighted by atomic mass is 32.1. The van der Waals surface area contributed by atoms with E-state index >= 15 is 0 Å². The molecular weight excluding hydrogens is 222 g/mol. The Bertz CT molecular complexity index is 364. The van der Waals surface area contributed by atoms with Gasteiger partial charge in [0.25, 0.3) is 0 Å². The Morgan fingerprint density at radius 1 is 1.20 bits per heavy atom. The Morgan fingerprint density at radius 3 is 2.67 bits per heavy atom. The van der Waals surface area contributed by atoms with E-state index in [0.717, 1.165) is 13.0 Å². The van der Waals surface area contributed by atoms with Crippen LogP contribution in [0.5, 0.6) is 0 Å². The van der Waals surface area contributed by atoms with Crippen LogP contribution in [0.3, 0.4) is 0 Å². The van der Waals surface area contributed by atoms with Gasteiger partial charge in [-0.05, 0) is 36.2 Å². The second-order valence-corrected chi connectivity index (χ2v) is 5.53. The molecule has 2 rings (SSSR count). The average molecular weight is 237 g/mol. The van der Waals surface area contributed by atoms with Crippen molar-refractivity contribution < 1.29 is 0 Å². The summed E-state index contributed by atoms with van der Waals surface area (Å²) in [5.41, 5.74) is 0.